The van der Waals surface area contributed by atoms with Crippen LogP contribution in [-0.4, -0.2) is 19.2 Å². The SMILES string of the molecule is CC(C)(CNC1CC1)COc1cccc(I)c1. The number of benzene rings is 1. The normalized spacial score (nSPS) is 15.9. The van der Waals surface area contributed by atoms with Gasteiger partial charge >= 0.3 is 0 Å². The van der Waals surface area contributed by atoms with Gasteiger partial charge in [-0.15, -0.1) is 0 Å². The molecule has 0 aliphatic heterocycles. The average Bonchev–Trinajstić information content (AvgIpc) is 3.08. The number of nitrogens with one attached hydrogen (secondary N) is 1. The van der Waals surface area contributed by atoms with Crippen LogP contribution in [0.3, 0.4) is 0 Å². The number of hydrogen-bond acceptors (Lipinski definition) is 2. The summed E-state index contributed by atoms with van der Waals surface area (Å²) >= 11 is 2.31. The molecule has 1 saturated carbocycles. The highest BCUT2D eigenvalue weighted by atomic mass is 127. The van der Waals surface area contributed by atoms with E-state index in [1.165, 1.54) is 16.4 Å². The Morgan fingerprint density at radius 3 is 2.82 bits per heavy atom. The molecule has 0 amide bonds. The van der Waals surface area contributed by atoms with E-state index < -0.39 is 0 Å². The van der Waals surface area contributed by atoms with Crippen molar-refractivity contribution in [3.8, 4) is 5.75 Å². The Labute approximate surface area is 117 Å². The summed E-state index contributed by atoms with van der Waals surface area (Å²) < 4.78 is 7.08. The summed E-state index contributed by atoms with van der Waals surface area (Å²) in [5.74, 6) is 0.969. The van der Waals surface area contributed by atoms with Crippen molar-refractivity contribution in [1.29, 1.82) is 0 Å². The lowest BCUT2D eigenvalue weighted by atomic mass is 9.95. The van der Waals surface area contributed by atoms with Crippen molar-refractivity contribution in [2.75, 3.05) is 13.2 Å². The molecule has 0 saturated heterocycles. The molecule has 3 heteroatoms. The molecule has 0 atom stereocenters. The van der Waals surface area contributed by atoms with E-state index in [-0.39, 0.29) is 5.41 Å². The van der Waals surface area contributed by atoms with Gasteiger partial charge in [0.05, 0.1) is 6.61 Å². The van der Waals surface area contributed by atoms with Crippen LogP contribution in [-0.2, 0) is 0 Å². The fourth-order valence-electron chi connectivity index (χ4n) is 1.59. The molecule has 1 N–H and O–H groups in total. The Morgan fingerprint density at radius 2 is 2.18 bits per heavy atom. The molecule has 1 aromatic rings. The van der Waals surface area contributed by atoms with Gasteiger partial charge in [-0.25, -0.2) is 0 Å². The van der Waals surface area contributed by atoms with E-state index in [1.54, 1.807) is 0 Å². The fourth-order valence-corrected chi connectivity index (χ4v) is 2.11. The molecule has 1 fully saturated rings. The summed E-state index contributed by atoms with van der Waals surface area (Å²) in [6.45, 7) is 6.28. The van der Waals surface area contributed by atoms with E-state index in [0.29, 0.717) is 0 Å². The maximum atomic E-state index is 5.86. The van der Waals surface area contributed by atoms with Gasteiger partial charge in [-0.1, -0.05) is 19.9 Å². The fraction of sp³-hybridized carbons (Fsp3) is 0.571. The molecule has 0 radical (unpaired) electrons. The molecular formula is C14H20INO. The minimum Gasteiger partial charge on any atom is -0.493 e. The van der Waals surface area contributed by atoms with Gasteiger partial charge in [-0.3, -0.25) is 0 Å². The van der Waals surface area contributed by atoms with Crippen LogP contribution in [0.5, 0.6) is 5.75 Å². The molecule has 0 unspecified atom stereocenters. The summed E-state index contributed by atoms with van der Waals surface area (Å²) in [5, 5.41) is 3.56. The standard InChI is InChI=1S/C14H20INO/c1-14(2,9-16-12-6-7-12)10-17-13-5-3-4-11(15)8-13/h3-5,8,12,16H,6-7,9-10H2,1-2H3. The Balaban J connectivity index is 1.78. The van der Waals surface area contributed by atoms with Crippen LogP contribution in [0.15, 0.2) is 24.3 Å². The third kappa shape index (κ3) is 4.84. The first-order chi connectivity index (χ1) is 8.05. The molecule has 0 aromatic heterocycles. The monoisotopic (exact) mass is 345 g/mol. The van der Waals surface area contributed by atoms with Crippen molar-refractivity contribution in [3.63, 3.8) is 0 Å². The quantitative estimate of drug-likeness (QED) is 0.798. The van der Waals surface area contributed by atoms with Gasteiger partial charge in [0.2, 0.25) is 0 Å². The molecule has 0 spiro atoms. The predicted octanol–water partition coefficient (Wildman–Crippen LogP) is 3.45. The van der Waals surface area contributed by atoms with Crippen molar-refractivity contribution >= 4 is 22.6 Å². The molecule has 0 heterocycles. The highest BCUT2D eigenvalue weighted by molar-refractivity contribution is 14.1. The van der Waals surface area contributed by atoms with Gasteiger partial charge < -0.3 is 10.1 Å². The Morgan fingerprint density at radius 1 is 1.41 bits per heavy atom. The second-order valence-corrected chi connectivity index (χ2v) is 6.81. The minimum absolute atomic E-state index is 0.184. The van der Waals surface area contributed by atoms with E-state index in [1.807, 2.05) is 12.1 Å². The second kappa shape index (κ2) is 5.57. The van der Waals surface area contributed by atoms with E-state index in [2.05, 4.69) is 53.9 Å². The summed E-state index contributed by atoms with van der Waals surface area (Å²) in [4.78, 5) is 0. The zero-order chi connectivity index (χ0) is 12.3. The van der Waals surface area contributed by atoms with Crippen LogP contribution in [0.2, 0.25) is 0 Å². The van der Waals surface area contributed by atoms with E-state index in [9.17, 15) is 0 Å². The number of rotatable bonds is 6. The Hall–Kier alpha value is -0.290. The molecular weight excluding hydrogens is 325 g/mol. The molecule has 1 aromatic carbocycles. The van der Waals surface area contributed by atoms with Gasteiger partial charge in [0, 0.05) is 21.6 Å². The van der Waals surface area contributed by atoms with Crippen LogP contribution in [0.4, 0.5) is 0 Å². The largest absolute Gasteiger partial charge is 0.493 e. The number of hydrogen-bond donors (Lipinski definition) is 1. The van der Waals surface area contributed by atoms with Crippen molar-refractivity contribution in [2.45, 2.75) is 32.7 Å². The van der Waals surface area contributed by atoms with Crippen molar-refractivity contribution in [1.82, 2.24) is 5.32 Å². The lowest BCUT2D eigenvalue weighted by Gasteiger charge is -2.25. The molecule has 0 bridgehead atoms. The Bertz CT molecular complexity index is 374. The van der Waals surface area contributed by atoms with Crippen molar-refractivity contribution in [2.24, 2.45) is 5.41 Å². The number of halogens is 1. The molecule has 1 aliphatic carbocycles. The lowest BCUT2D eigenvalue weighted by Crippen LogP contribution is -2.35. The molecule has 17 heavy (non-hydrogen) atoms. The maximum Gasteiger partial charge on any atom is 0.120 e. The van der Waals surface area contributed by atoms with Crippen LogP contribution in [0, 0.1) is 8.99 Å². The average molecular weight is 345 g/mol. The van der Waals surface area contributed by atoms with Crippen LogP contribution in [0.1, 0.15) is 26.7 Å². The third-order valence-electron chi connectivity index (χ3n) is 2.87. The smallest absolute Gasteiger partial charge is 0.120 e. The predicted molar refractivity (Wildman–Crippen MR) is 79.5 cm³/mol. The van der Waals surface area contributed by atoms with Gasteiger partial charge in [0.15, 0.2) is 0 Å². The highest BCUT2D eigenvalue weighted by Crippen LogP contribution is 2.23. The first-order valence-electron chi connectivity index (χ1n) is 6.17. The van der Waals surface area contributed by atoms with Crippen molar-refractivity contribution in [3.05, 3.63) is 27.8 Å². The summed E-state index contributed by atoms with van der Waals surface area (Å²) in [5.41, 5.74) is 0.184. The summed E-state index contributed by atoms with van der Waals surface area (Å²) in [6.07, 6.45) is 2.68. The summed E-state index contributed by atoms with van der Waals surface area (Å²) in [7, 11) is 0. The van der Waals surface area contributed by atoms with E-state index in [0.717, 1.165) is 24.9 Å². The molecule has 2 nitrogen and oxygen atoms in total. The zero-order valence-corrected chi connectivity index (χ0v) is 12.7. The number of ether oxygens (including phenoxy) is 1. The molecule has 1 aliphatic rings. The van der Waals surface area contributed by atoms with Crippen molar-refractivity contribution < 1.29 is 4.74 Å². The second-order valence-electron chi connectivity index (χ2n) is 5.57. The summed E-state index contributed by atoms with van der Waals surface area (Å²) in [6, 6.07) is 8.98. The van der Waals surface area contributed by atoms with Gasteiger partial charge in [0.1, 0.15) is 5.75 Å². The highest BCUT2D eigenvalue weighted by Gasteiger charge is 2.25. The lowest BCUT2D eigenvalue weighted by molar-refractivity contribution is 0.176. The maximum absolute atomic E-state index is 5.86. The topological polar surface area (TPSA) is 21.3 Å². The van der Waals surface area contributed by atoms with Crippen LogP contribution < -0.4 is 10.1 Å². The minimum atomic E-state index is 0.184. The van der Waals surface area contributed by atoms with Gasteiger partial charge in [-0.2, -0.15) is 0 Å². The first-order valence-corrected chi connectivity index (χ1v) is 7.25. The van der Waals surface area contributed by atoms with E-state index >= 15 is 0 Å². The molecule has 2 rings (SSSR count). The zero-order valence-electron chi connectivity index (χ0n) is 10.5. The van der Waals surface area contributed by atoms with Gasteiger partial charge in [0.25, 0.3) is 0 Å². The first kappa shape index (κ1) is 13.1. The Kier molecular flexibility index (Phi) is 4.31. The third-order valence-corrected chi connectivity index (χ3v) is 3.54. The van der Waals surface area contributed by atoms with Crippen LogP contribution >= 0.6 is 22.6 Å². The molecule has 94 valence electrons. The van der Waals surface area contributed by atoms with E-state index in [4.69, 9.17) is 4.74 Å². The van der Waals surface area contributed by atoms with Crippen LogP contribution in [0.25, 0.3) is 0 Å². The van der Waals surface area contributed by atoms with Gasteiger partial charge in [-0.05, 0) is 53.6 Å².